The van der Waals surface area contributed by atoms with Crippen LogP contribution in [-0.2, 0) is 6.54 Å². The highest BCUT2D eigenvalue weighted by Crippen LogP contribution is 2.23. The first-order valence-corrected chi connectivity index (χ1v) is 7.98. The molecule has 0 aliphatic rings. The third-order valence-corrected chi connectivity index (χ3v) is 4.72. The van der Waals surface area contributed by atoms with Crippen molar-refractivity contribution in [3.05, 3.63) is 55.2 Å². The topological polar surface area (TPSA) is 58.4 Å². The Morgan fingerprint density at radius 1 is 1.38 bits per heavy atom. The Hall–Kier alpha value is -1.51. The maximum Gasteiger partial charge on any atom is 0.269 e. The van der Waals surface area contributed by atoms with E-state index in [1.54, 1.807) is 23.5 Å². The summed E-state index contributed by atoms with van der Waals surface area (Å²) in [7, 11) is 1.90. The summed E-state index contributed by atoms with van der Waals surface area (Å²) in [6.45, 7) is 0.703. The number of halogens is 1. The molecule has 2 rings (SSSR count). The summed E-state index contributed by atoms with van der Waals surface area (Å²) in [6.07, 6.45) is 0. The molecule has 0 unspecified atom stereocenters. The number of anilines is 1. The van der Waals surface area contributed by atoms with Gasteiger partial charge in [0.2, 0.25) is 0 Å². The van der Waals surface area contributed by atoms with Crippen LogP contribution in [0.4, 0.5) is 11.4 Å². The van der Waals surface area contributed by atoms with Crippen LogP contribution in [0.15, 0.2) is 40.2 Å². The average Bonchev–Trinajstić information content (AvgIpc) is 2.84. The number of hydrogen-bond acceptors (Lipinski definition) is 4. The molecule has 1 aromatic heterocycles. The van der Waals surface area contributed by atoms with Crippen LogP contribution in [0.1, 0.15) is 4.88 Å². The Labute approximate surface area is 139 Å². The number of non-ortho nitro benzene ring substituents is 1. The molecule has 0 fully saturated rings. The van der Waals surface area contributed by atoms with Gasteiger partial charge < -0.3 is 10.2 Å². The predicted octanol–water partition coefficient (Wildman–Crippen LogP) is 4.25. The zero-order valence-electron chi connectivity index (χ0n) is 11.1. The molecule has 1 N–H and O–H groups in total. The average molecular weight is 386 g/mol. The van der Waals surface area contributed by atoms with Crippen molar-refractivity contribution in [3.8, 4) is 0 Å². The number of benzene rings is 1. The maximum absolute atomic E-state index is 10.6. The summed E-state index contributed by atoms with van der Waals surface area (Å²) < 4.78 is 1.08. The molecular formula is C13H12BrN3O2S2. The summed E-state index contributed by atoms with van der Waals surface area (Å²) >= 11 is 10.4. The molecule has 0 saturated carbocycles. The Balaban J connectivity index is 1.95. The fourth-order valence-corrected chi connectivity index (χ4v) is 3.35. The van der Waals surface area contributed by atoms with Crippen LogP contribution in [0.2, 0.25) is 0 Å². The second-order valence-electron chi connectivity index (χ2n) is 4.30. The molecule has 1 heterocycles. The van der Waals surface area contributed by atoms with Gasteiger partial charge in [0.05, 0.1) is 15.3 Å². The lowest BCUT2D eigenvalue weighted by Gasteiger charge is -2.20. The highest BCUT2D eigenvalue weighted by Gasteiger charge is 2.09. The van der Waals surface area contributed by atoms with Crippen LogP contribution in [-0.4, -0.2) is 22.0 Å². The van der Waals surface area contributed by atoms with Gasteiger partial charge in [-0.25, -0.2) is 0 Å². The van der Waals surface area contributed by atoms with Gasteiger partial charge in [0, 0.05) is 29.7 Å². The van der Waals surface area contributed by atoms with Crippen molar-refractivity contribution < 1.29 is 4.92 Å². The Bertz CT molecular complexity index is 658. The van der Waals surface area contributed by atoms with Crippen molar-refractivity contribution in [3.63, 3.8) is 0 Å². The maximum atomic E-state index is 10.6. The van der Waals surface area contributed by atoms with E-state index in [4.69, 9.17) is 12.2 Å². The van der Waals surface area contributed by atoms with Gasteiger partial charge in [0.15, 0.2) is 5.11 Å². The van der Waals surface area contributed by atoms with Gasteiger partial charge in [-0.3, -0.25) is 10.1 Å². The zero-order chi connectivity index (χ0) is 15.4. The smallest absolute Gasteiger partial charge is 0.269 e. The van der Waals surface area contributed by atoms with Crippen molar-refractivity contribution in [1.82, 2.24) is 4.90 Å². The molecule has 0 aliphatic heterocycles. The number of thiocarbonyl (C=S) groups is 1. The molecule has 110 valence electrons. The van der Waals surface area contributed by atoms with Crippen molar-refractivity contribution in [1.29, 1.82) is 0 Å². The van der Waals surface area contributed by atoms with Crippen LogP contribution in [0.3, 0.4) is 0 Å². The summed E-state index contributed by atoms with van der Waals surface area (Å²) in [5.74, 6) is 0. The molecule has 0 saturated heterocycles. The summed E-state index contributed by atoms with van der Waals surface area (Å²) in [4.78, 5) is 13.3. The number of nitrogens with zero attached hydrogens (tertiary/aromatic N) is 2. The Morgan fingerprint density at radius 3 is 2.57 bits per heavy atom. The number of nitrogens with one attached hydrogen (secondary N) is 1. The molecule has 8 heteroatoms. The number of nitro benzene ring substituents is 1. The minimum atomic E-state index is -0.428. The van der Waals surface area contributed by atoms with Gasteiger partial charge in [-0.05, 0) is 52.4 Å². The van der Waals surface area contributed by atoms with Crippen LogP contribution in [0.5, 0.6) is 0 Å². The highest BCUT2D eigenvalue weighted by molar-refractivity contribution is 9.11. The number of hydrogen-bond donors (Lipinski definition) is 1. The van der Waals surface area contributed by atoms with Gasteiger partial charge in [0.1, 0.15) is 0 Å². The molecule has 0 radical (unpaired) electrons. The normalized spacial score (nSPS) is 10.2. The van der Waals surface area contributed by atoms with Crippen LogP contribution >= 0.6 is 39.5 Å². The van der Waals surface area contributed by atoms with E-state index in [-0.39, 0.29) is 5.69 Å². The van der Waals surface area contributed by atoms with E-state index in [1.165, 1.54) is 17.0 Å². The first-order valence-electron chi connectivity index (χ1n) is 5.96. The second-order valence-corrected chi connectivity index (χ2v) is 7.23. The second kappa shape index (κ2) is 6.97. The van der Waals surface area contributed by atoms with Crippen molar-refractivity contribution in [2.24, 2.45) is 0 Å². The summed E-state index contributed by atoms with van der Waals surface area (Å²) in [5.41, 5.74) is 0.785. The van der Waals surface area contributed by atoms with E-state index >= 15 is 0 Å². The minimum absolute atomic E-state index is 0.0586. The molecule has 21 heavy (non-hydrogen) atoms. The van der Waals surface area contributed by atoms with Gasteiger partial charge >= 0.3 is 0 Å². The SMILES string of the molecule is CN(Cc1ccc(Br)s1)C(=S)Nc1ccc([N+](=O)[O-])cc1. The van der Waals surface area contributed by atoms with E-state index < -0.39 is 4.92 Å². The minimum Gasteiger partial charge on any atom is -0.347 e. The zero-order valence-corrected chi connectivity index (χ0v) is 14.3. The Morgan fingerprint density at radius 2 is 2.05 bits per heavy atom. The van der Waals surface area contributed by atoms with Gasteiger partial charge in [-0.15, -0.1) is 11.3 Å². The molecule has 0 bridgehead atoms. The summed E-state index contributed by atoms with van der Waals surface area (Å²) in [5, 5.41) is 14.2. The highest BCUT2D eigenvalue weighted by atomic mass is 79.9. The quantitative estimate of drug-likeness (QED) is 0.484. The molecular weight excluding hydrogens is 374 g/mol. The molecule has 5 nitrogen and oxygen atoms in total. The number of nitro groups is 1. The first-order chi connectivity index (χ1) is 9.95. The molecule has 0 aliphatic carbocycles. The lowest BCUT2D eigenvalue weighted by atomic mass is 10.3. The van der Waals surface area contributed by atoms with E-state index in [0.717, 1.165) is 9.47 Å². The lowest BCUT2D eigenvalue weighted by molar-refractivity contribution is -0.384. The fraction of sp³-hybridized carbons (Fsp3) is 0.154. The monoisotopic (exact) mass is 385 g/mol. The van der Waals surface area contributed by atoms with Gasteiger partial charge in [-0.2, -0.15) is 0 Å². The fourth-order valence-electron chi connectivity index (χ4n) is 1.63. The molecule has 0 spiro atoms. The first kappa shape index (κ1) is 15.9. The van der Waals surface area contributed by atoms with E-state index in [9.17, 15) is 10.1 Å². The van der Waals surface area contributed by atoms with E-state index in [1.807, 2.05) is 24.1 Å². The molecule has 1 aromatic carbocycles. The molecule has 2 aromatic rings. The largest absolute Gasteiger partial charge is 0.347 e. The van der Waals surface area contributed by atoms with Crippen molar-refractivity contribution in [2.45, 2.75) is 6.54 Å². The van der Waals surface area contributed by atoms with Crippen LogP contribution < -0.4 is 5.32 Å². The lowest BCUT2D eigenvalue weighted by Crippen LogP contribution is -2.30. The molecule has 0 atom stereocenters. The van der Waals surface area contributed by atoms with Gasteiger partial charge in [-0.1, -0.05) is 0 Å². The standard InChI is InChI=1S/C13H12BrN3O2S2/c1-16(8-11-6-7-12(14)21-11)13(20)15-9-2-4-10(5-3-9)17(18)19/h2-7H,8H2,1H3,(H,15,20). The van der Waals surface area contributed by atoms with E-state index in [2.05, 4.69) is 21.2 Å². The van der Waals surface area contributed by atoms with Gasteiger partial charge in [0.25, 0.3) is 5.69 Å². The molecule has 0 amide bonds. The number of thiophene rings is 1. The van der Waals surface area contributed by atoms with Crippen LogP contribution in [0, 0.1) is 10.1 Å². The third-order valence-electron chi connectivity index (χ3n) is 2.70. The van der Waals surface area contributed by atoms with Crippen molar-refractivity contribution in [2.75, 3.05) is 12.4 Å². The number of rotatable bonds is 4. The van der Waals surface area contributed by atoms with Crippen molar-refractivity contribution >= 4 is 56.0 Å². The predicted molar refractivity (Wildman–Crippen MR) is 92.8 cm³/mol. The van der Waals surface area contributed by atoms with Crippen LogP contribution in [0.25, 0.3) is 0 Å². The Kier molecular flexibility index (Phi) is 5.27. The summed E-state index contributed by atoms with van der Waals surface area (Å²) in [6, 6.07) is 10.2. The van der Waals surface area contributed by atoms with E-state index in [0.29, 0.717) is 11.7 Å². The third kappa shape index (κ3) is 4.48.